The molecule has 0 aliphatic rings. The maximum atomic E-state index is 14.7. The molecule has 0 aliphatic carbocycles. The van der Waals surface area contributed by atoms with E-state index in [9.17, 15) is 14.0 Å². The van der Waals surface area contributed by atoms with Gasteiger partial charge in [-0.3, -0.25) is 5.10 Å². The standard InChI is InChI=1S/C21H14F2N4O/c1-11-18-19(12-3-5-13(22)6-4-12)16(10-24)20(25-21(18)27-26-11)15-8-7-14(28-2)9-17(15)23/h3-9H,1-2H3,(H,25,26,27). The zero-order chi connectivity index (χ0) is 19.8. The van der Waals surface area contributed by atoms with E-state index in [0.29, 0.717) is 33.6 Å². The van der Waals surface area contributed by atoms with Crippen LogP contribution >= 0.6 is 0 Å². The highest BCUT2D eigenvalue weighted by atomic mass is 19.1. The van der Waals surface area contributed by atoms with Crippen LogP contribution in [0.5, 0.6) is 5.75 Å². The number of halogens is 2. The molecule has 0 aliphatic heterocycles. The molecule has 28 heavy (non-hydrogen) atoms. The molecule has 2 aromatic carbocycles. The zero-order valence-electron chi connectivity index (χ0n) is 15.0. The van der Waals surface area contributed by atoms with E-state index < -0.39 is 11.6 Å². The van der Waals surface area contributed by atoms with Crippen LogP contribution in [0.3, 0.4) is 0 Å². The van der Waals surface area contributed by atoms with Crippen LogP contribution in [-0.2, 0) is 0 Å². The van der Waals surface area contributed by atoms with Gasteiger partial charge in [-0.1, -0.05) is 12.1 Å². The molecule has 0 unspecified atom stereocenters. The van der Waals surface area contributed by atoms with Crippen LogP contribution in [0.4, 0.5) is 8.78 Å². The Morgan fingerprint density at radius 2 is 1.86 bits per heavy atom. The molecule has 0 amide bonds. The minimum atomic E-state index is -0.566. The first-order chi connectivity index (χ1) is 13.5. The second-order valence-electron chi connectivity index (χ2n) is 6.21. The quantitative estimate of drug-likeness (QED) is 0.559. The van der Waals surface area contributed by atoms with Gasteiger partial charge >= 0.3 is 0 Å². The van der Waals surface area contributed by atoms with E-state index in [1.165, 1.54) is 31.4 Å². The Balaban J connectivity index is 2.09. The van der Waals surface area contributed by atoms with Gasteiger partial charge in [0.05, 0.1) is 29.4 Å². The maximum absolute atomic E-state index is 14.7. The first-order valence-corrected chi connectivity index (χ1v) is 8.42. The van der Waals surface area contributed by atoms with E-state index >= 15 is 0 Å². The number of aryl methyl sites for hydroxylation is 1. The number of pyridine rings is 1. The van der Waals surface area contributed by atoms with Crippen molar-refractivity contribution in [3.8, 4) is 34.2 Å². The molecule has 1 N–H and O–H groups in total. The number of nitrogens with one attached hydrogen (secondary N) is 1. The van der Waals surface area contributed by atoms with Crippen LogP contribution in [0, 0.1) is 29.9 Å². The van der Waals surface area contributed by atoms with Crippen LogP contribution in [-0.4, -0.2) is 22.3 Å². The monoisotopic (exact) mass is 376 g/mol. The average Bonchev–Trinajstić information content (AvgIpc) is 3.07. The number of aromatic nitrogens is 3. The number of nitriles is 1. The third-order valence-corrected chi connectivity index (χ3v) is 4.56. The molecule has 4 aromatic rings. The molecular weight excluding hydrogens is 362 g/mol. The predicted molar refractivity (Wildman–Crippen MR) is 101 cm³/mol. The van der Waals surface area contributed by atoms with Crippen LogP contribution in [0.2, 0.25) is 0 Å². The Kier molecular flexibility index (Phi) is 4.24. The van der Waals surface area contributed by atoms with Gasteiger partial charge in [0.1, 0.15) is 23.5 Å². The third-order valence-electron chi connectivity index (χ3n) is 4.56. The molecule has 0 saturated carbocycles. The summed E-state index contributed by atoms with van der Waals surface area (Å²) < 4.78 is 33.2. The Bertz CT molecular complexity index is 1240. The summed E-state index contributed by atoms with van der Waals surface area (Å²) in [6.07, 6.45) is 0. The smallest absolute Gasteiger partial charge is 0.156 e. The average molecular weight is 376 g/mol. The normalized spacial score (nSPS) is 10.8. The molecule has 4 rings (SSSR count). The SMILES string of the molecule is COc1ccc(-c2nc3[nH]nc(C)c3c(-c3ccc(F)cc3)c2C#N)c(F)c1. The lowest BCUT2D eigenvalue weighted by Gasteiger charge is -2.13. The lowest BCUT2D eigenvalue weighted by atomic mass is 9.93. The fourth-order valence-corrected chi connectivity index (χ4v) is 3.24. The van der Waals surface area contributed by atoms with Gasteiger partial charge in [0, 0.05) is 17.2 Å². The summed E-state index contributed by atoms with van der Waals surface area (Å²) in [6, 6.07) is 12.3. The highest BCUT2D eigenvalue weighted by molar-refractivity contribution is 6.00. The minimum absolute atomic E-state index is 0.162. The van der Waals surface area contributed by atoms with Gasteiger partial charge in [-0.15, -0.1) is 0 Å². The predicted octanol–water partition coefficient (Wildman–Crippen LogP) is 4.76. The molecule has 2 heterocycles. The zero-order valence-corrected chi connectivity index (χ0v) is 15.0. The van der Waals surface area contributed by atoms with Crippen molar-refractivity contribution in [2.45, 2.75) is 6.92 Å². The molecule has 7 heteroatoms. The number of benzene rings is 2. The molecular formula is C21H14F2N4O. The molecule has 5 nitrogen and oxygen atoms in total. The summed E-state index contributed by atoms with van der Waals surface area (Å²) in [7, 11) is 1.44. The first kappa shape index (κ1) is 17.6. The van der Waals surface area contributed by atoms with Gasteiger partial charge in [0.25, 0.3) is 0 Å². The van der Waals surface area contributed by atoms with E-state index in [2.05, 4.69) is 21.3 Å². The summed E-state index contributed by atoms with van der Waals surface area (Å²) in [5, 5.41) is 17.5. The number of methoxy groups -OCH3 is 1. The van der Waals surface area contributed by atoms with E-state index in [0.717, 1.165) is 0 Å². The molecule has 2 aromatic heterocycles. The van der Waals surface area contributed by atoms with Crippen molar-refractivity contribution in [2.75, 3.05) is 7.11 Å². The number of nitrogens with zero attached hydrogens (tertiary/aromatic N) is 3. The molecule has 0 spiro atoms. The number of hydrogen-bond acceptors (Lipinski definition) is 4. The molecule has 0 atom stereocenters. The minimum Gasteiger partial charge on any atom is -0.497 e. The lowest BCUT2D eigenvalue weighted by Crippen LogP contribution is -1.98. The van der Waals surface area contributed by atoms with E-state index in [1.54, 1.807) is 25.1 Å². The van der Waals surface area contributed by atoms with Gasteiger partial charge in [0.15, 0.2) is 5.65 Å². The molecule has 0 bridgehead atoms. The third kappa shape index (κ3) is 2.76. The van der Waals surface area contributed by atoms with Crippen LogP contribution in [0.15, 0.2) is 42.5 Å². The van der Waals surface area contributed by atoms with Gasteiger partial charge < -0.3 is 4.74 Å². The van der Waals surface area contributed by atoms with Gasteiger partial charge in [-0.25, -0.2) is 13.8 Å². The van der Waals surface area contributed by atoms with Crippen molar-refractivity contribution in [3.05, 3.63) is 65.4 Å². The van der Waals surface area contributed by atoms with Crippen molar-refractivity contribution in [3.63, 3.8) is 0 Å². The topological polar surface area (TPSA) is 74.6 Å². The van der Waals surface area contributed by atoms with Gasteiger partial charge in [-0.05, 0) is 36.8 Å². The Hall–Kier alpha value is -3.79. The maximum Gasteiger partial charge on any atom is 0.156 e. The van der Waals surface area contributed by atoms with E-state index in [-0.39, 0.29) is 16.8 Å². The van der Waals surface area contributed by atoms with Crippen LogP contribution < -0.4 is 4.74 Å². The van der Waals surface area contributed by atoms with Crippen LogP contribution in [0.1, 0.15) is 11.3 Å². The molecule has 0 saturated heterocycles. The van der Waals surface area contributed by atoms with Crippen LogP contribution in [0.25, 0.3) is 33.4 Å². The van der Waals surface area contributed by atoms with Crippen molar-refractivity contribution < 1.29 is 13.5 Å². The highest BCUT2D eigenvalue weighted by Crippen LogP contribution is 2.38. The first-order valence-electron chi connectivity index (χ1n) is 8.42. The van der Waals surface area contributed by atoms with Crippen molar-refractivity contribution in [2.24, 2.45) is 0 Å². The molecule has 0 radical (unpaired) electrons. The van der Waals surface area contributed by atoms with Gasteiger partial charge in [0.2, 0.25) is 0 Å². The number of H-pyrrole nitrogens is 1. The molecule has 0 fully saturated rings. The van der Waals surface area contributed by atoms with E-state index in [1.807, 2.05) is 0 Å². The number of hydrogen-bond donors (Lipinski definition) is 1. The van der Waals surface area contributed by atoms with E-state index in [4.69, 9.17) is 4.74 Å². The summed E-state index contributed by atoms with van der Waals surface area (Å²) in [4.78, 5) is 4.46. The second-order valence-corrected chi connectivity index (χ2v) is 6.21. The number of rotatable bonds is 3. The summed E-state index contributed by atoms with van der Waals surface area (Å²) in [6.45, 7) is 1.78. The largest absolute Gasteiger partial charge is 0.497 e. The number of fused-ring (bicyclic) bond motifs is 1. The fourth-order valence-electron chi connectivity index (χ4n) is 3.24. The Morgan fingerprint density at radius 3 is 2.50 bits per heavy atom. The molecule has 138 valence electrons. The Morgan fingerprint density at radius 1 is 1.11 bits per heavy atom. The summed E-state index contributed by atoms with van der Waals surface area (Å²) in [5.74, 6) is -0.598. The number of ether oxygens (including phenoxy) is 1. The highest BCUT2D eigenvalue weighted by Gasteiger charge is 2.22. The summed E-state index contributed by atoms with van der Waals surface area (Å²) >= 11 is 0. The fraction of sp³-hybridized carbons (Fsp3) is 0.0952. The Labute approximate surface area is 159 Å². The van der Waals surface area contributed by atoms with Crippen molar-refractivity contribution >= 4 is 11.0 Å². The number of aromatic amines is 1. The summed E-state index contributed by atoms with van der Waals surface area (Å²) in [5.41, 5.74) is 2.73. The second kappa shape index (κ2) is 6.74. The van der Waals surface area contributed by atoms with Gasteiger partial charge in [-0.2, -0.15) is 10.4 Å². The van der Waals surface area contributed by atoms with Crippen molar-refractivity contribution in [1.29, 1.82) is 5.26 Å². The lowest BCUT2D eigenvalue weighted by molar-refractivity contribution is 0.411. The van der Waals surface area contributed by atoms with Crippen molar-refractivity contribution in [1.82, 2.24) is 15.2 Å².